The molecule has 3 aliphatic heterocycles. The number of anilines is 1. The minimum atomic E-state index is -0.573. The Labute approximate surface area is 191 Å². The number of hydrogen-bond acceptors (Lipinski definition) is 4. The molecule has 2 aromatic carbocycles. The van der Waals surface area contributed by atoms with Crippen LogP contribution in [0.5, 0.6) is 0 Å². The number of ether oxygens (including phenoxy) is 1. The van der Waals surface area contributed by atoms with E-state index in [4.69, 9.17) is 4.74 Å². The van der Waals surface area contributed by atoms with Crippen LogP contribution in [-0.4, -0.2) is 67.6 Å². The van der Waals surface area contributed by atoms with Gasteiger partial charge in [-0.1, -0.05) is 56.0 Å². The molecule has 0 radical (unpaired) electrons. The third-order valence-corrected chi connectivity index (χ3v) is 6.73. The number of carbonyl (C=O) groups excluding carboxylic acids is 2. The van der Waals surface area contributed by atoms with Crippen molar-refractivity contribution in [2.75, 3.05) is 45.6 Å². The summed E-state index contributed by atoms with van der Waals surface area (Å²) in [6.45, 7) is 3.19. The number of benzene rings is 2. The summed E-state index contributed by atoms with van der Waals surface area (Å²) in [5.74, 6) is 0.260. The molecule has 0 saturated carbocycles. The molecule has 3 aliphatic rings. The Morgan fingerprint density at radius 2 is 1.62 bits per heavy atom. The van der Waals surface area contributed by atoms with Crippen LogP contribution in [0.2, 0.25) is 0 Å². The maximum absolute atomic E-state index is 13.4. The van der Waals surface area contributed by atoms with E-state index in [0.29, 0.717) is 12.5 Å². The van der Waals surface area contributed by atoms with Crippen LogP contribution in [0.3, 0.4) is 0 Å². The van der Waals surface area contributed by atoms with E-state index in [1.165, 1.54) is 0 Å². The number of nitrogens with zero attached hydrogens (tertiary/aromatic N) is 2. The van der Waals surface area contributed by atoms with Crippen molar-refractivity contribution in [2.45, 2.75) is 32.4 Å². The molecule has 6 heteroatoms. The number of quaternary nitrogens is 1. The number of para-hydroxylation sites is 1. The number of fused-ring (bicyclic) bond motifs is 3. The maximum atomic E-state index is 13.4. The number of nitrogens with one attached hydrogen (secondary N) is 1. The van der Waals surface area contributed by atoms with Crippen molar-refractivity contribution >= 4 is 17.6 Å². The van der Waals surface area contributed by atoms with E-state index in [2.05, 4.69) is 5.32 Å². The van der Waals surface area contributed by atoms with Crippen LogP contribution in [-0.2, 0) is 14.3 Å². The largest absolute Gasteiger partial charge is 0.454 e. The van der Waals surface area contributed by atoms with Crippen LogP contribution in [0, 0.1) is 5.92 Å². The van der Waals surface area contributed by atoms with Crippen LogP contribution in [0.25, 0.3) is 0 Å². The number of esters is 1. The summed E-state index contributed by atoms with van der Waals surface area (Å²) < 4.78 is 6.87. The fraction of sp³-hybridized carbons (Fsp3) is 0.462. The fourth-order valence-electron chi connectivity index (χ4n) is 4.85. The normalized spacial score (nSPS) is 24.7. The summed E-state index contributed by atoms with van der Waals surface area (Å²) in [4.78, 5) is 27.4. The topological polar surface area (TPSA) is 58.6 Å². The molecule has 1 N–H and O–H groups in total. The van der Waals surface area contributed by atoms with Gasteiger partial charge in [0, 0.05) is 38.5 Å². The van der Waals surface area contributed by atoms with Gasteiger partial charge in [0.1, 0.15) is 6.54 Å². The van der Waals surface area contributed by atoms with Gasteiger partial charge in [0.15, 0.2) is 18.7 Å². The molecule has 0 unspecified atom stereocenters. The van der Waals surface area contributed by atoms with E-state index in [1.807, 2.05) is 60.7 Å². The molecular weight excluding hydrogens is 402 g/mol. The minimum Gasteiger partial charge on any atom is -0.454 e. The maximum Gasteiger partial charge on any atom is 0.333 e. The Morgan fingerprint density at radius 3 is 2.22 bits per heavy atom. The second-order valence-electron chi connectivity index (χ2n) is 9.08. The van der Waals surface area contributed by atoms with Gasteiger partial charge < -0.3 is 19.4 Å². The van der Waals surface area contributed by atoms with Gasteiger partial charge in [0.25, 0.3) is 5.91 Å². The van der Waals surface area contributed by atoms with Crippen molar-refractivity contribution in [1.29, 1.82) is 0 Å². The summed E-state index contributed by atoms with van der Waals surface area (Å²) in [7, 11) is 3.60. The second kappa shape index (κ2) is 10.2. The predicted octanol–water partition coefficient (Wildman–Crippen LogP) is 3.72. The number of carbonyl (C=O) groups is 2. The predicted molar refractivity (Wildman–Crippen MR) is 127 cm³/mol. The van der Waals surface area contributed by atoms with Crippen LogP contribution in [0.4, 0.5) is 5.69 Å². The second-order valence-corrected chi connectivity index (χ2v) is 9.08. The van der Waals surface area contributed by atoms with Crippen molar-refractivity contribution in [3.8, 4) is 0 Å². The van der Waals surface area contributed by atoms with Crippen molar-refractivity contribution in [2.24, 2.45) is 5.92 Å². The third kappa shape index (κ3) is 5.30. The number of piperidine rings is 3. The summed E-state index contributed by atoms with van der Waals surface area (Å²) >= 11 is 0. The molecule has 3 fully saturated rings. The minimum absolute atomic E-state index is 0. The van der Waals surface area contributed by atoms with E-state index in [9.17, 15) is 9.59 Å². The lowest BCUT2D eigenvalue weighted by atomic mass is 9.83. The molecule has 1 amide bonds. The van der Waals surface area contributed by atoms with E-state index < -0.39 is 6.04 Å². The van der Waals surface area contributed by atoms with Crippen molar-refractivity contribution in [1.82, 2.24) is 4.90 Å². The lowest BCUT2D eigenvalue weighted by Gasteiger charge is -2.51. The van der Waals surface area contributed by atoms with Crippen molar-refractivity contribution in [3.05, 3.63) is 66.2 Å². The van der Waals surface area contributed by atoms with Gasteiger partial charge in [0.2, 0.25) is 0 Å². The van der Waals surface area contributed by atoms with Gasteiger partial charge in [0.05, 0.1) is 13.1 Å². The molecule has 3 saturated heterocycles. The number of rotatable bonds is 7. The SMILES string of the molecule is C.CN(C)C(=O)C[N+]12CCC(CC1)[C@@H](OC(=O)[C@H](Nc1ccccc1)c1ccccc1)C2. The first-order valence-electron chi connectivity index (χ1n) is 11.1. The Kier molecular flexibility index (Phi) is 7.56. The zero-order chi connectivity index (χ0) is 21.8. The van der Waals surface area contributed by atoms with Gasteiger partial charge in [-0.15, -0.1) is 0 Å². The summed E-state index contributed by atoms with van der Waals surface area (Å²) in [5.41, 5.74) is 1.76. The highest BCUT2D eigenvalue weighted by Crippen LogP contribution is 2.36. The molecule has 2 atom stereocenters. The van der Waals surface area contributed by atoms with Crippen LogP contribution < -0.4 is 5.32 Å². The fourth-order valence-corrected chi connectivity index (χ4v) is 4.85. The Balaban J connectivity index is 0.00000289. The highest BCUT2D eigenvalue weighted by molar-refractivity contribution is 5.81. The van der Waals surface area contributed by atoms with Gasteiger partial charge in [-0.05, 0) is 17.7 Å². The van der Waals surface area contributed by atoms with E-state index in [-0.39, 0.29) is 25.4 Å². The zero-order valence-electron chi connectivity index (χ0n) is 18.4. The summed E-state index contributed by atoms with van der Waals surface area (Å²) in [6, 6.07) is 18.9. The first kappa shape index (κ1) is 23.8. The van der Waals surface area contributed by atoms with E-state index >= 15 is 0 Å². The molecule has 2 bridgehead atoms. The van der Waals surface area contributed by atoms with Gasteiger partial charge in [-0.3, -0.25) is 4.79 Å². The summed E-state index contributed by atoms with van der Waals surface area (Å²) in [5, 5.41) is 3.34. The van der Waals surface area contributed by atoms with Crippen LogP contribution >= 0.6 is 0 Å². The number of amides is 1. The third-order valence-electron chi connectivity index (χ3n) is 6.73. The Morgan fingerprint density at radius 1 is 1.03 bits per heavy atom. The molecule has 5 rings (SSSR count). The molecule has 6 nitrogen and oxygen atoms in total. The van der Waals surface area contributed by atoms with Gasteiger partial charge in [-0.25, -0.2) is 4.79 Å². The molecule has 0 spiro atoms. The quantitative estimate of drug-likeness (QED) is 0.529. The highest BCUT2D eigenvalue weighted by atomic mass is 16.5. The van der Waals surface area contributed by atoms with Crippen molar-refractivity contribution in [3.63, 3.8) is 0 Å². The zero-order valence-corrected chi connectivity index (χ0v) is 18.4. The number of likely N-dealkylation sites (N-methyl/N-ethyl adjacent to an activating group) is 1. The standard InChI is InChI=1S/C25H32N3O3.CH4/c1-27(2)23(29)18-28-15-13-19(14-16-28)22(17-28)31-25(30)24(20-9-5-3-6-10-20)26-21-11-7-4-8-12-21;/h3-12,19,22,24,26H,13-18H2,1-2H3;1H4/q+1;/t19?,22-,24+,28?;/m0./s1. The number of hydrogen-bond donors (Lipinski definition) is 1. The monoisotopic (exact) mass is 438 g/mol. The molecule has 32 heavy (non-hydrogen) atoms. The smallest absolute Gasteiger partial charge is 0.333 e. The van der Waals surface area contributed by atoms with E-state index in [0.717, 1.165) is 48.2 Å². The van der Waals surface area contributed by atoms with Crippen molar-refractivity contribution < 1.29 is 18.8 Å². The van der Waals surface area contributed by atoms with Gasteiger partial charge >= 0.3 is 5.97 Å². The Hall–Kier alpha value is -2.86. The lowest BCUT2D eigenvalue weighted by molar-refractivity contribution is -0.939. The molecule has 0 aliphatic carbocycles. The molecule has 0 aromatic heterocycles. The van der Waals surface area contributed by atoms with Crippen LogP contribution in [0.1, 0.15) is 31.9 Å². The van der Waals surface area contributed by atoms with Crippen LogP contribution in [0.15, 0.2) is 60.7 Å². The molecule has 172 valence electrons. The average Bonchev–Trinajstić information content (AvgIpc) is 2.79. The first-order chi connectivity index (χ1) is 15.0. The molecule has 2 aromatic rings. The van der Waals surface area contributed by atoms with E-state index in [1.54, 1.807) is 19.0 Å². The molecular formula is C26H36N3O3+. The first-order valence-corrected chi connectivity index (χ1v) is 11.1. The highest BCUT2D eigenvalue weighted by Gasteiger charge is 2.49. The molecule has 3 heterocycles. The lowest BCUT2D eigenvalue weighted by Crippen LogP contribution is -2.66. The van der Waals surface area contributed by atoms with Gasteiger partial charge in [-0.2, -0.15) is 0 Å². The average molecular weight is 439 g/mol. The summed E-state index contributed by atoms with van der Waals surface area (Å²) in [6.07, 6.45) is 1.86. The Bertz CT molecular complexity index is 893.